The number of benzene rings is 1. The SMILES string of the molecule is CCC.O=C1Nc2ccccc2[C@@](C#CC2CC2)(C(F)(F)F)O1. The van der Waals surface area contributed by atoms with Gasteiger partial charge in [0, 0.05) is 11.5 Å². The minimum absolute atomic E-state index is 0.0324. The van der Waals surface area contributed by atoms with Crippen molar-refractivity contribution in [1.82, 2.24) is 0 Å². The summed E-state index contributed by atoms with van der Waals surface area (Å²) in [5.74, 6) is 4.69. The van der Waals surface area contributed by atoms with E-state index >= 15 is 0 Å². The van der Waals surface area contributed by atoms with E-state index in [1.165, 1.54) is 24.6 Å². The Morgan fingerprint density at radius 2 is 1.91 bits per heavy atom. The molecule has 0 unspecified atom stereocenters. The smallest absolute Gasteiger partial charge is 0.415 e. The quantitative estimate of drug-likeness (QED) is 0.693. The molecule has 1 fully saturated rings. The number of carbonyl (C=O) groups is 1. The first-order chi connectivity index (χ1) is 10.8. The average molecular weight is 325 g/mol. The van der Waals surface area contributed by atoms with E-state index < -0.39 is 17.9 Å². The van der Waals surface area contributed by atoms with E-state index in [1.807, 2.05) is 0 Å². The van der Waals surface area contributed by atoms with Crippen LogP contribution < -0.4 is 5.32 Å². The van der Waals surface area contributed by atoms with Gasteiger partial charge in [-0.05, 0) is 24.8 Å². The highest BCUT2D eigenvalue weighted by Crippen LogP contribution is 2.47. The molecule has 1 aliphatic heterocycles. The van der Waals surface area contributed by atoms with Crippen molar-refractivity contribution in [3.63, 3.8) is 0 Å². The molecule has 1 saturated carbocycles. The lowest BCUT2D eigenvalue weighted by atomic mass is 9.90. The second-order valence-corrected chi connectivity index (χ2v) is 5.49. The number of rotatable bonds is 0. The van der Waals surface area contributed by atoms with Crippen molar-refractivity contribution in [1.29, 1.82) is 0 Å². The summed E-state index contributed by atoms with van der Waals surface area (Å²) in [6.45, 7) is 4.25. The molecule has 1 aliphatic carbocycles. The number of anilines is 1. The van der Waals surface area contributed by atoms with Crippen molar-refractivity contribution in [2.75, 3.05) is 5.32 Å². The van der Waals surface area contributed by atoms with Gasteiger partial charge in [-0.15, -0.1) is 0 Å². The van der Waals surface area contributed by atoms with Crippen LogP contribution in [0.3, 0.4) is 0 Å². The van der Waals surface area contributed by atoms with Crippen molar-refractivity contribution in [2.45, 2.75) is 44.9 Å². The van der Waals surface area contributed by atoms with Crippen LogP contribution in [0.5, 0.6) is 0 Å². The third-order valence-corrected chi connectivity index (χ3v) is 3.22. The Kier molecular flexibility index (Phi) is 4.88. The molecule has 0 radical (unpaired) electrons. The van der Waals surface area contributed by atoms with E-state index in [-0.39, 0.29) is 17.2 Å². The Hall–Kier alpha value is -2.16. The molecule has 1 amide bonds. The summed E-state index contributed by atoms with van der Waals surface area (Å²) in [5, 5.41) is 2.26. The molecular weight excluding hydrogens is 307 g/mol. The highest BCUT2D eigenvalue weighted by molar-refractivity contribution is 5.89. The van der Waals surface area contributed by atoms with Crippen molar-refractivity contribution >= 4 is 11.8 Å². The lowest BCUT2D eigenvalue weighted by molar-refractivity contribution is -0.239. The van der Waals surface area contributed by atoms with Crippen LogP contribution in [0.15, 0.2) is 24.3 Å². The minimum atomic E-state index is -4.80. The van der Waals surface area contributed by atoms with Gasteiger partial charge in [0.05, 0.1) is 5.69 Å². The van der Waals surface area contributed by atoms with Gasteiger partial charge in [0.15, 0.2) is 0 Å². The summed E-state index contributed by atoms with van der Waals surface area (Å²) in [5.41, 5.74) is -2.99. The molecule has 1 N–H and O–H groups in total. The molecule has 0 aromatic heterocycles. The first kappa shape index (κ1) is 17.2. The zero-order valence-electron chi connectivity index (χ0n) is 13.0. The third-order valence-electron chi connectivity index (χ3n) is 3.22. The van der Waals surface area contributed by atoms with Crippen LogP contribution in [-0.4, -0.2) is 12.3 Å². The van der Waals surface area contributed by atoms with Crippen molar-refractivity contribution in [2.24, 2.45) is 5.92 Å². The van der Waals surface area contributed by atoms with Crippen molar-refractivity contribution in [3.8, 4) is 11.8 Å². The number of hydrogen-bond donors (Lipinski definition) is 1. The molecule has 0 saturated heterocycles. The van der Waals surface area contributed by atoms with Crippen LogP contribution in [0.25, 0.3) is 0 Å². The lowest BCUT2D eigenvalue weighted by Gasteiger charge is -2.35. The zero-order chi connectivity index (χ0) is 17.1. The van der Waals surface area contributed by atoms with Gasteiger partial charge < -0.3 is 4.74 Å². The molecule has 1 aromatic carbocycles. The second kappa shape index (κ2) is 6.53. The van der Waals surface area contributed by atoms with Crippen LogP contribution in [0.2, 0.25) is 0 Å². The zero-order valence-corrected chi connectivity index (χ0v) is 13.0. The molecule has 3 nitrogen and oxygen atoms in total. The summed E-state index contributed by atoms with van der Waals surface area (Å²) in [6, 6.07) is 5.66. The standard InChI is InChI=1S/C14H10F3NO2.C3H8/c15-14(16,17)13(8-7-9-5-6-9)10-3-1-2-4-11(10)18-12(19)20-13;1-3-2/h1-4,9H,5-6H2,(H,18,19);3H2,1-2H3/t13-;/m0./s1. The van der Waals surface area contributed by atoms with E-state index in [9.17, 15) is 18.0 Å². The fourth-order valence-electron chi connectivity index (χ4n) is 2.03. The van der Waals surface area contributed by atoms with E-state index in [0.29, 0.717) is 0 Å². The van der Waals surface area contributed by atoms with Crippen LogP contribution in [0.1, 0.15) is 38.7 Å². The number of fused-ring (bicyclic) bond motifs is 1. The maximum absolute atomic E-state index is 13.5. The number of ether oxygens (including phenoxy) is 1. The Morgan fingerprint density at radius 1 is 1.30 bits per heavy atom. The Labute approximate surface area is 133 Å². The van der Waals surface area contributed by atoms with Gasteiger partial charge in [-0.25, -0.2) is 4.79 Å². The Morgan fingerprint density at radius 3 is 2.48 bits per heavy atom. The Balaban J connectivity index is 0.000000595. The first-order valence-corrected chi connectivity index (χ1v) is 7.53. The van der Waals surface area contributed by atoms with Gasteiger partial charge in [0.1, 0.15) is 0 Å². The van der Waals surface area contributed by atoms with Gasteiger partial charge >= 0.3 is 12.3 Å². The molecule has 2 aliphatic rings. The number of alkyl halides is 3. The van der Waals surface area contributed by atoms with E-state index in [0.717, 1.165) is 12.8 Å². The van der Waals surface area contributed by atoms with Crippen molar-refractivity contribution < 1.29 is 22.7 Å². The summed E-state index contributed by atoms with van der Waals surface area (Å²) in [4.78, 5) is 11.4. The van der Waals surface area contributed by atoms with E-state index in [2.05, 4.69) is 35.7 Å². The molecule has 0 bridgehead atoms. The topological polar surface area (TPSA) is 38.3 Å². The first-order valence-electron chi connectivity index (χ1n) is 7.53. The molecule has 6 heteroatoms. The highest BCUT2D eigenvalue weighted by atomic mass is 19.4. The molecule has 124 valence electrons. The fourth-order valence-corrected chi connectivity index (χ4v) is 2.03. The number of nitrogens with one attached hydrogen (secondary N) is 1. The van der Waals surface area contributed by atoms with Crippen molar-refractivity contribution in [3.05, 3.63) is 29.8 Å². The maximum Gasteiger partial charge on any atom is 0.445 e. The van der Waals surface area contributed by atoms with Crippen LogP contribution >= 0.6 is 0 Å². The summed E-state index contributed by atoms with van der Waals surface area (Å²) in [7, 11) is 0. The normalized spacial score (nSPS) is 22.4. The number of halogens is 3. The number of hydrogen-bond acceptors (Lipinski definition) is 2. The van der Waals surface area contributed by atoms with Gasteiger partial charge in [-0.2, -0.15) is 13.2 Å². The number of para-hydroxylation sites is 1. The number of amides is 1. The summed E-state index contributed by atoms with van der Waals surface area (Å²) >= 11 is 0. The van der Waals surface area contributed by atoms with E-state index in [1.54, 1.807) is 6.07 Å². The molecule has 1 aromatic rings. The van der Waals surface area contributed by atoms with Gasteiger partial charge in [-0.3, -0.25) is 5.32 Å². The van der Waals surface area contributed by atoms with Gasteiger partial charge in [0.25, 0.3) is 5.60 Å². The predicted molar refractivity (Wildman–Crippen MR) is 80.7 cm³/mol. The molecular formula is C17H18F3NO2. The summed E-state index contributed by atoms with van der Waals surface area (Å²) < 4.78 is 45.1. The number of cyclic esters (lactones) is 1. The largest absolute Gasteiger partial charge is 0.445 e. The van der Waals surface area contributed by atoms with Crippen LogP contribution in [0, 0.1) is 17.8 Å². The fraction of sp³-hybridized carbons (Fsp3) is 0.471. The average Bonchev–Trinajstić information content (AvgIpc) is 3.28. The molecule has 0 spiro atoms. The Bertz CT molecular complexity index is 641. The molecule has 1 atom stereocenters. The van der Waals surface area contributed by atoms with E-state index in [4.69, 9.17) is 0 Å². The van der Waals surface area contributed by atoms with Crippen LogP contribution in [-0.2, 0) is 10.3 Å². The summed E-state index contributed by atoms with van der Waals surface area (Å²) in [6.07, 6.45) is -3.13. The monoisotopic (exact) mass is 325 g/mol. The predicted octanol–water partition coefficient (Wildman–Crippen LogP) is 4.84. The molecule has 23 heavy (non-hydrogen) atoms. The minimum Gasteiger partial charge on any atom is -0.415 e. The number of carbonyl (C=O) groups excluding carboxylic acids is 1. The molecule has 3 rings (SSSR count). The third kappa shape index (κ3) is 3.61. The van der Waals surface area contributed by atoms with Gasteiger partial charge in [-0.1, -0.05) is 44.4 Å². The molecule has 1 heterocycles. The maximum atomic E-state index is 13.5. The van der Waals surface area contributed by atoms with Gasteiger partial charge in [0.2, 0.25) is 0 Å². The van der Waals surface area contributed by atoms with Crippen LogP contribution in [0.4, 0.5) is 23.7 Å². The second-order valence-electron chi connectivity index (χ2n) is 5.49. The lowest BCUT2D eigenvalue weighted by Crippen LogP contribution is -2.49. The highest BCUT2D eigenvalue weighted by Gasteiger charge is 2.61.